The molecule has 0 saturated carbocycles. The molecule has 2 heteroatoms. The maximum atomic E-state index is 13.5. The normalized spacial score (nSPS) is 11.7. The van der Waals surface area contributed by atoms with Crippen molar-refractivity contribution in [3.8, 4) is 0 Å². The van der Waals surface area contributed by atoms with Crippen LogP contribution in [0.25, 0.3) is 6.08 Å². The number of benzene rings is 1. The molecule has 0 unspecified atom stereocenters. The van der Waals surface area contributed by atoms with Gasteiger partial charge in [0.1, 0.15) is 0 Å². The Morgan fingerprint density at radius 3 is 2.41 bits per heavy atom. The number of hydrogen-bond acceptors (Lipinski definition) is 0. The van der Waals surface area contributed by atoms with E-state index in [1.54, 1.807) is 19.9 Å². The summed E-state index contributed by atoms with van der Waals surface area (Å²) in [7, 11) is 0. The molecule has 0 spiro atoms. The van der Waals surface area contributed by atoms with Gasteiger partial charge in [-0.1, -0.05) is 26.0 Å². The molecule has 1 rings (SSSR count). The van der Waals surface area contributed by atoms with Crippen LogP contribution in [0.5, 0.6) is 0 Å². The molecule has 0 heterocycles. The predicted molar refractivity (Wildman–Crippen MR) is 68.9 cm³/mol. The molecule has 0 radical (unpaired) electrons. The Bertz CT molecular complexity index is 417. The Labute approximate surface area is 102 Å². The second-order valence-corrected chi connectivity index (χ2v) is 4.91. The topological polar surface area (TPSA) is 0 Å². The standard InChI is InChI=1S/C15H20F2/c1-10(2)7-5-6-8-13-9-11(3)14(16)15(17)12(13)4/h6,8-10H,5,7H2,1-4H3/b8-6-. The lowest BCUT2D eigenvalue weighted by atomic mass is 10.0. The fourth-order valence-electron chi connectivity index (χ4n) is 1.68. The third-order valence-electron chi connectivity index (χ3n) is 2.88. The zero-order valence-electron chi connectivity index (χ0n) is 11.0. The second-order valence-electron chi connectivity index (χ2n) is 4.91. The highest BCUT2D eigenvalue weighted by molar-refractivity contribution is 5.55. The first-order valence-electron chi connectivity index (χ1n) is 6.05. The van der Waals surface area contributed by atoms with E-state index in [4.69, 9.17) is 0 Å². The lowest BCUT2D eigenvalue weighted by Crippen LogP contribution is -1.96. The van der Waals surface area contributed by atoms with Crippen LogP contribution in [-0.2, 0) is 0 Å². The predicted octanol–water partition coefficient (Wildman–Crippen LogP) is 5.03. The van der Waals surface area contributed by atoms with Gasteiger partial charge < -0.3 is 0 Å². The van der Waals surface area contributed by atoms with Crippen molar-refractivity contribution in [2.45, 2.75) is 40.5 Å². The van der Waals surface area contributed by atoms with E-state index in [0.29, 0.717) is 17.0 Å². The first-order valence-corrected chi connectivity index (χ1v) is 6.05. The second kappa shape index (κ2) is 5.95. The first kappa shape index (κ1) is 13.9. The van der Waals surface area contributed by atoms with Crippen LogP contribution in [-0.4, -0.2) is 0 Å². The van der Waals surface area contributed by atoms with Crippen LogP contribution in [0.4, 0.5) is 8.78 Å². The van der Waals surface area contributed by atoms with Crippen molar-refractivity contribution in [3.63, 3.8) is 0 Å². The molecule has 17 heavy (non-hydrogen) atoms. The molecular formula is C15H20F2. The molecule has 0 aliphatic heterocycles. The molecule has 1 aromatic carbocycles. The van der Waals surface area contributed by atoms with E-state index < -0.39 is 11.6 Å². The number of aryl methyl sites for hydroxylation is 1. The van der Waals surface area contributed by atoms with E-state index >= 15 is 0 Å². The SMILES string of the molecule is Cc1cc(/C=C\CCC(C)C)c(C)c(F)c1F. The van der Waals surface area contributed by atoms with E-state index in [0.717, 1.165) is 18.4 Å². The molecule has 0 aliphatic carbocycles. The Hall–Kier alpha value is -1.18. The van der Waals surface area contributed by atoms with Crippen molar-refractivity contribution in [3.05, 3.63) is 40.5 Å². The van der Waals surface area contributed by atoms with E-state index in [1.807, 2.05) is 12.2 Å². The summed E-state index contributed by atoms with van der Waals surface area (Å²) in [4.78, 5) is 0. The summed E-state index contributed by atoms with van der Waals surface area (Å²) >= 11 is 0. The highest BCUT2D eigenvalue weighted by atomic mass is 19.2. The Balaban J connectivity index is 2.85. The van der Waals surface area contributed by atoms with Crippen molar-refractivity contribution in [1.29, 1.82) is 0 Å². The van der Waals surface area contributed by atoms with Gasteiger partial charge in [-0.15, -0.1) is 0 Å². The molecule has 1 aromatic rings. The van der Waals surface area contributed by atoms with Gasteiger partial charge in [-0.2, -0.15) is 0 Å². The molecule has 0 amide bonds. The molecular weight excluding hydrogens is 218 g/mol. The molecule has 0 atom stereocenters. The van der Waals surface area contributed by atoms with E-state index in [2.05, 4.69) is 13.8 Å². The maximum absolute atomic E-state index is 13.5. The van der Waals surface area contributed by atoms with Gasteiger partial charge in [0, 0.05) is 0 Å². The van der Waals surface area contributed by atoms with E-state index in [9.17, 15) is 8.78 Å². The van der Waals surface area contributed by atoms with Crippen LogP contribution in [0, 0.1) is 31.4 Å². The molecule has 0 aliphatic rings. The smallest absolute Gasteiger partial charge is 0.162 e. The van der Waals surface area contributed by atoms with Gasteiger partial charge in [0.2, 0.25) is 0 Å². The summed E-state index contributed by atoms with van der Waals surface area (Å²) in [5.74, 6) is -0.803. The number of allylic oxidation sites excluding steroid dienone is 1. The zero-order valence-corrected chi connectivity index (χ0v) is 11.0. The van der Waals surface area contributed by atoms with Crippen molar-refractivity contribution in [2.24, 2.45) is 5.92 Å². The fourth-order valence-corrected chi connectivity index (χ4v) is 1.68. The molecule has 0 bridgehead atoms. The van der Waals surface area contributed by atoms with Crippen molar-refractivity contribution >= 4 is 6.08 Å². The monoisotopic (exact) mass is 238 g/mol. The minimum Gasteiger partial charge on any atom is -0.203 e. The third kappa shape index (κ3) is 3.65. The van der Waals surface area contributed by atoms with Crippen LogP contribution in [0.1, 0.15) is 43.4 Å². The summed E-state index contributed by atoms with van der Waals surface area (Å²) in [6.45, 7) is 7.53. The highest BCUT2D eigenvalue weighted by Gasteiger charge is 2.11. The summed E-state index contributed by atoms with van der Waals surface area (Å²) in [6, 6.07) is 1.69. The quantitative estimate of drug-likeness (QED) is 0.690. The van der Waals surface area contributed by atoms with E-state index in [1.165, 1.54) is 0 Å². The average Bonchev–Trinajstić information content (AvgIpc) is 2.27. The van der Waals surface area contributed by atoms with Gasteiger partial charge in [0.25, 0.3) is 0 Å². The first-order chi connectivity index (χ1) is 7.93. The van der Waals surface area contributed by atoms with Crippen LogP contribution >= 0.6 is 0 Å². The third-order valence-corrected chi connectivity index (χ3v) is 2.88. The van der Waals surface area contributed by atoms with Crippen LogP contribution in [0.15, 0.2) is 12.1 Å². The van der Waals surface area contributed by atoms with Gasteiger partial charge in [-0.05, 0) is 55.4 Å². The Kier molecular flexibility index (Phi) is 4.86. The summed E-state index contributed by atoms with van der Waals surface area (Å²) < 4.78 is 26.7. The summed E-state index contributed by atoms with van der Waals surface area (Å²) in [5.41, 5.74) is 1.51. The van der Waals surface area contributed by atoms with Crippen LogP contribution in [0.2, 0.25) is 0 Å². The van der Waals surface area contributed by atoms with Gasteiger partial charge in [0.15, 0.2) is 11.6 Å². The Morgan fingerprint density at radius 1 is 1.18 bits per heavy atom. The van der Waals surface area contributed by atoms with Gasteiger partial charge in [-0.3, -0.25) is 0 Å². The maximum Gasteiger partial charge on any atom is 0.162 e. The lowest BCUT2D eigenvalue weighted by Gasteiger charge is -2.06. The van der Waals surface area contributed by atoms with Crippen molar-refractivity contribution < 1.29 is 8.78 Å². The number of rotatable bonds is 4. The number of halogens is 2. The molecule has 0 aromatic heterocycles. The molecule has 0 saturated heterocycles. The number of hydrogen-bond donors (Lipinski definition) is 0. The Morgan fingerprint density at radius 2 is 1.82 bits per heavy atom. The van der Waals surface area contributed by atoms with Crippen molar-refractivity contribution in [2.75, 3.05) is 0 Å². The average molecular weight is 238 g/mol. The zero-order chi connectivity index (χ0) is 13.0. The lowest BCUT2D eigenvalue weighted by molar-refractivity contribution is 0.497. The minimum atomic E-state index is -0.734. The van der Waals surface area contributed by atoms with Crippen LogP contribution < -0.4 is 0 Å². The fraction of sp³-hybridized carbons (Fsp3) is 0.467. The molecule has 0 nitrogen and oxygen atoms in total. The van der Waals surface area contributed by atoms with Crippen molar-refractivity contribution in [1.82, 2.24) is 0 Å². The highest BCUT2D eigenvalue weighted by Crippen LogP contribution is 2.21. The molecule has 94 valence electrons. The summed E-state index contributed by atoms with van der Waals surface area (Å²) in [6.07, 6.45) is 5.99. The largest absolute Gasteiger partial charge is 0.203 e. The van der Waals surface area contributed by atoms with Gasteiger partial charge >= 0.3 is 0 Å². The molecule has 0 fully saturated rings. The minimum absolute atomic E-state index is 0.358. The van der Waals surface area contributed by atoms with E-state index in [-0.39, 0.29) is 0 Å². The molecule has 0 N–H and O–H groups in total. The van der Waals surface area contributed by atoms with Gasteiger partial charge in [-0.25, -0.2) is 8.78 Å². The van der Waals surface area contributed by atoms with Crippen LogP contribution in [0.3, 0.4) is 0 Å². The van der Waals surface area contributed by atoms with Gasteiger partial charge in [0.05, 0.1) is 0 Å². The summed E-state index contributed by atoms with van der Waals surface area (Å²) in [5, 5.41) is 0.